The Labute approximate surface area is 111 Å². The van der Waals surface area contributed by atoms with Crippen LogP contribution in [0.15, 0.2) is 58.5 Å². The van der Waals surface area contributed by atoms with Gasteiger partial charge in [-0.2, -0.15) is 0 Å². The van der Waals surface area contributed by atoms with Gasteiger partial charge >= 0.3 is 0 Å². The topological polar surface area (TPSA) is 37.0 Å². The molecule has 0 aliphatic carbocycles. The monoisotopic (exact) mass is 249 g/mol. The zero-order chi connectivity index (χ0) is 13.4. The Morgan fingerprint density at radius 3 is 2.53 bits per heavy atom. The first-order valence-corrected chi connectivity index (χ1v) is 6.31. The first-order chi connectivity index (χ1) is 9.16. The maximum Gasteiger partial charge on any atom is 0.144 e. The van der Waals surface area contributed by atoms with Gasteiger partial charge in [-0.3, -0.25) is 0 Å². The quantitative estimate of drug-likeness (QED) is 0.643. The van der Waals surface area contributed by atoms with Gasteiger partial charge in [0, 0.05) is 16.3 Å². The highest BCUT2D eigenvalue weighted by Gasteiger charge is 2.11. The van der Waals surface area contributed by atoms with E-state index in [4.69, 9.17) is 9.83 Å². The standard InChI is InChI=1S/C17H15NO/c1-11(2)10-15(18)14-8-5-7-13-12-6-3-4-9-16(12)19-17(13)14/h3-10,18H,1-2H3. The van der Waals surface area contributed by atoms with Gasteiger partial charge in [0.15, 0.2) is 0 Å². The maximum atomic E-state index is 8.18. The summed E-state index contributed by atoms with van der Waals surface area (Å²) in [5.41, 5.74) is 4.11. The summed E-state index contributed by atoms with van der Waals surface area (Å²) in [6.45, 7) is 3.99. The Hall–Kier alpha value is -2.35. The molecular weight excluding hydrogens is 234 g/mol. The molecule has 0 aliphatic heterocycles. The predicted molar refractivity (Wildman–Crippen MR) is 80.0 cm³/mol. The average Bonchev–Trinajstić information content (AvgIpc) is 2.76. The fourth-order valence-corrected chi connectivity index (χ4v) is 2.33. The number of rotatable bonds is 2. The predicted octanol–water partition coefficient (Wildman–Crippen LogP) is 4.92. The van der Waals surface area contributed by atoms with E-state index < -0.39 is 0 Å². The number of furan rings is 1. The fraction of sp³-hybridized carbons (Fsp3) is 0.118. The van der Waals surface area contributed by atoms with E-state index in [0.717, 1.165) is 33.1 Å². The van der Waals surface area contributed by atoms with Crippen LogP contribution in [-0.2, 0) is 0 Å². The van der Waals surface area contributed by atoms with E-state index in [-0.39, 0.29) is 0 Å². The van der Waals surface area contributed by atoms with Crippen molar-refractivity contribution in [1.82, 2.24) is 0 Å². The van der Waals surface area contributed by atoms with Gasteiger partial charge in [-0.25, -0.2) is 0 Å². The van der Waals surface area contributed by atoms with Gasteiger partial charge in [0.25, 0.3) is 0 Å². The van der Waals surface area contributed by atoms with Crippen molar-refractivity contribution in [2.24, 2.45) is 0 Å². The molecule has 1 aromatic heterocycles. The van der Waals surface area contributed by atoms with Gasteiger partial charge in [0.05, 0.1) is 5.71 Å². The molecule has 0 aliphatic rings. The molecule has 2 aromatic carbocycles. The van der Waals surface area contributed by atoms with E-state index in [2.05, 4.69) is 6.07 Å². The van der Waals surface area contributed by atoms with Crippen molar-refractivity contribution in [3.8, 4) is 0 Å². The van der Waals surface area contributed by atoms with Crippen LogP contribution in [0.4, 0.5) is 0 Å². The summed E-state index contributed by atoms with van der Waals surface area (Å²) in [7, 11) is 0. The summed E-state index contributed by atoms with van der Waals surface area (Å²) in [6, 6.07) is 13.9. The van der Waals surface area contributed by atoms with Crippen molar-refractivity contribution < 1.29 is 4.42 Å². The molecule has 0 unspecified atom stereocenters. The number of nitrogens with one attached hydrogen (secondary N) is 1. The molecule has 94 valence electrons. The normalized spacial score (nSPS) is 10.8. The zero-order valence-electron chi connectivity index (χ0n) is 11.0. The van der Waals surface area contributed by atoms with Crippen LogP contribution in [0.5, 0.6) is 0 Å². The molecule has 0 spiro atoms. The van der Waals surface area contributed by atoms with Crippen LogP contribution in [-0.4, -0.2) is 5.71 Å². The van der Waals surface area contributed by atoms with Crippen LogP contribution in [0.25, 0.3) is 21.9 Å². The van der Waals surface area contributed by atoms with E-state index in [1.165, 1.54) is 0 Å². The fourth-order valence-electron chi connectivity index (χ4n) is 2.33. The van der Waals surface area contributed by atoms with Crippen LogP contribution in [0.3, 0.4) is 0 Å². The van der Waals surface area contributed by atoms with Crippen molar-refractivity contribution >= 4 is 27.7 Å². The number of benzene rings is 2. The lowest BCUT2D eigenvalue weighted by molar-refractivity contribution is 0.668. The molecular formula is C17H15NO. The second kappa shape index (κ2) is 4.39. The zero-order valence-corrected chi connectivity index (χ0v) is 11.0. The highest BCUT2D eigenvalue weighted by Crippen LogP contribution is 2.30. The number of allylic oxidation sites excluding steroid dienone is 2. The van der Waals surface area contributed by atoms with Crippen LogP contribution < -0.4 is 0 Å². The third-order valence-electron chi connectivity index (χ3n) is 3.13. The van der Waals surface area contributed by atoms with Crippen LogP contribution in [0, 0.1) is 5.41 Å². The molecule has 19 heavy (non-hydrogen) atoms. The average molecular weight is 249 g/mol. The molecule has 3 aromatic rings. The van der Waals surface area contributed by atoms with Crippen molar-refractivity contribution in [3.05, 3.63) is 59.7 Å². The van der Waals surface area contributed by atoms with Gasteiger partial charge in [-0.05, 0) is 32.1 Å². The van der Waals surface area contributed by atoms with Crippen molar-refractivity contribution in [2.45, 2.75) is 13.8 Å². The Morgan fingerprint density at radius 2 is 1.74 bits per heavy atom. The summed E-state index contributed by atoms with van der Waals surface area (Å²) in [4.78, 5) is 0. The molecule has 3 rings (SSSR count). The van der Waals surface area contributed by atoms with E-state index in [9.17, 15) is 0 Å². The lowest BCUT2D eigenvalue weighted by Gasteiger charge is -2.00. The molecule has 2 nitrogen and oxygen atoms in total. The van der Waals surface area contributed by atoms with Gasteiger partial charge in [0.1, 0.15) is 11.2 Å². The highest BCUT2D eigenvalue weighted by molar-refractivity contribution is 6.17. The number of hydrogen-bond acceptors (Lipinski definition) is 2. The van der Waals surface area contributed by atoms with E-state index in [0.29, 0.717) is 5.71 Å². The second-order valence-corrected chi connectivity index (χ2v) is 4.92. The Balaban J connectivity index is 2.32. The van der Waals surface area contributed by atoms with E-state index in [1.54, 1.807) is 0 Å². The molecule has 0 atom stereocenters. The third-order valence-corrected chi connectivity index (χ3v) is 3.13. The van der Waals surface area contributed by atoms with Gasteiger partial charge in [-0.15, -0.1) is 0 Å². The summed E-state index contributed by atoms with van der Waals surface area (Å²) < 4.78 is 5.92. The Bertz CT molecular complexity index is 804. The molecule has 1 heterocycles. The number of hydrogen-bond donors (Lipinski definition) is 1. The minimum absolute atomic E-state index is 0.490. The van der Waals surface area contributed by atoms with Crippen molar-refractivity contribution in [3.63, 3.8) is 0 Å². The third kappa shape index (κ3) is 1.95. The Kier molecular flexibility index (Phi) is 2.71. The van der Waals surface area contributed by atoms with Crippen LogP contribution in [0.2, 0.25) is 0 Å². The molecule has 0 fully saturated rings. The van der Waals surface area contributed by atoms with Crippen molar-refractivity contribution in [1.29, 1.82) is 5.41 Å². The first-order valence-electron chi connectivity index (χ1n) is 6.31. The van der Waals surface area contributed by atoms with Gasteiger partial charge in [0.2, 0.25) is 0 Å². The minimum Gasteiger partial charge on any atom is -0.455 e. The molecule has 0 saturated carbocycles. The lowest BCUT2D eigenvalue weighted by Crippen LogP contribution is -1.95. The SMILES string of the molecule is CC(C)=CC(=N)c1cccc2c1oc1ccccc12. The van der Waals surface area contributed by atoms with E-state index in [1.807, 2.05) is 56.3 Å². The van der Waals surface area contributed by atoms with Gasteiger partial charge < -0.3 is 9.83 Å². The molecule has 2 heteroatoms. The summed E-state index contributed by atoms with van der Waals surface area (Å²) in [5, 5.41) is 10.3. The van der Waals surface area contributed by atoms with Crippen LogP contribution >= 0.6 is 0 Å². The van der Waals surface area contributed by atoms with E-state index >= 15 is 0 Å². The number of para-hydroxylation sites is 2. The second-order valence-electron chi connectivity index (χ2n) is 4.92. The van der Waals surface area contributed by atoms with Crippen molar-refractivity contribution in [2.75, 3.05) is 0 Å². The smallest absolute Gasteiger partial charge is 0.144 e. The molecule has 0 amide bonds. The lowest BCUT2D eigenvalue weighted by atomic mass is 10.0. The number of fused-ring (bicyclic) bond motifs is 3. The molecule has 1 N–H and O–H groups in total. The summed E-state index contributed by atoms with van der Waals surface area (Å²) in [5.74, 6) is 0. The first kappa shape index (κ1) is 11.7. The summed E-state index contributed by atoms with van der Waals surface area (Å²) >= 11 is 0. The Morgan fingerprint density at radius 1 is 1.00 bits per heavy atom. The summed E-state index contributed by atoms with van der Waals surface area (Å²) in [6.07, 6.45) is 1.86. The molecule has 0 radical (unpaired) electrons. The maximum absolute atomic E-state index is 8.18. The minimum atomic E-state index is 0.490. The molecule has 0 bridgehead atoms. The van der Waals surface area contributed by atoms with Gasteiger partial charge in [-0.1, -0.05) is 35.9 Å². The molecule has 0 saturated heterocycles. The van der Waals surface area contributed by atoms with Crippen LogP contribution in [0.1, 0.15) is 19.4 Å². The highest BCUT2D eigenvalue weighted by atomic mass is 16.3. The largest absolute Gasteiger partial charge is 0.455 e.